The molecule has 0 spiro atoms. The van der Waals surface area contributed by atoms with E-state index in [1.807, 2.05) is 18.2 Å². The normalized spacial score (nSPS) is 11.1. The van der Waals surface area contributed by atoms with E-state index in [1.165, 1.54) is 27.7 Å². The molecule has 272 valence electrons. The lowest BCUT2D eigenvalue weighted by atomic mass is 9.84. The van der Waals surface area contributed by atoms with Crippen molar-refractivity contribution in [3.63, 3.8) is 0 Å². The third kappa shape index (κ3) is 6.76. The molecule has 0 saturated carbocycles. The number of aromatic nitrogens is 3. The number of hydrogen-bond donors (Lipinski definition) is 0. The first-order chi connectivity index (χ1) is 28.8. The van der Waals surface area contributed by atoms with Crippen LogP contribution in [-0.2, 0) is 0 Å². The number of nitrogens with zero attached hydrogens (tertiary/aromatic N) is 3. The van der Waals surface area contributed by atoms with Crippen molar-refractivity contribution < 1.29 is 0 Å². The average molecular weight is 740 g/mol. The SMILES string of the molecule is c1ccc(C(=C(c2ccccc2)c2cccc(-c3ccc(-c4nc(-c5ccccc5)nc(-c5ccc6ccccc6c5)n4)c4ccccc34)c2)c2ccccc2)cc1. The molecule has 3 nitrogen and oxygen atoms in total. The highest BCUT2D eigenvalue weighted by atomic mass is 15.0. The third-order valence-electron chi connectivity index (χ3n) is 10.7. The summed E-state index contributed by atoms with van der Waals surface area (Å²) >= 11 is 0. The molecule has 3 heteroatoms. The van der Waals surface area contributed by atoms with Gasteiger partial charge < -0.3 is 0 Å². The van der Waals surface area contributed by atoms with Crippen LogP contribution < -0.4 is 0 Å². The predicted octanol–water partition coefficient (Wildman–Crippen LogP) is 13.9. The second kappa shape index (κ2) is 15.4. The fourth-order valence-electron chi connectivity index (χ4n) is 7.98. The van der Waals surface area contributed by atoms with E-state index < -0.39 is 0 Å². The maximum atomic E-state index is 5.18. The van der Waals surface area contributed by atoms with Gasteiger partial charge in [-0.25, -0.2) is 15.0 Å². The summed E-state index contributed by atoms with van der Waals surface area (Å²) in [7, 11) is 0. The Kier molecular flexibility index (Phi) is 9.23. The van der Waals surface area contributed by atoms with E-state index in [9.17, 15) is 0 Å². The molecule has 0 N–H and O–H groups in total. The van der Waals surface area contributed by atoms with E-state index in [2.05, 4.69) is 206 Å². The van der Waals surface area contributed by atoms with Gasteiger partial charge in [0, 0.05) is 16.7 Å². The minimum atomic E-state index is 0.637. The van der Waals surface area contributed by atoms with Crippen LogP contribution in [-0.4, -0.2) is 15.0 Å². The second-order valence-corrected chi connectivity index (χ2v) is 14.4. The minimum absolute atomic E-state index is 0.637. The molecule has 0 unspecified atom stereocenters. The summed E-state index contributed by atoms with van der Waals surface area (Å²) in [6, 6.07) is 79.1. The van der Waals surface area contributed by atoms with Gasteiger partial charge in [0.15, 0.2) is 17.5 Å². The number of fused-ring (bicyclic) bond motifs is 2. The van der Waals surface area contributed by atoms with Crippen molar-refractivity contribution in [1.82, 2.24) is 15.0 Å². The van der Waals surface area contributed by atoms with Crippen LogP contribution in [0.25, 0.3) is 78.0 Å². The molecule has 1 heterocycles. The minimum Gasteiger partial charge on any atom is -0.208 e. The van der Waals surface area contributed by atoms with E-state index >= 15 is 0 Å². The predicted molar refractivity (Wildman–Crippen MR) is 241 cm³/mol. The fraction of sp³-hybridized carbons (Fsp3) is 0. The molecule has 0 radical (unpaired) electrons. The molecule has 0 aliphatic rings. The topological polar surface area (TPSA) is 38.7 Å². The molecule has 0 saturated heterocycles. The summed E-state index contributed by atoms with van der Waals surface area (Å²) < 4.78 is 0. The molecule has 0 bridgehead atoms. The average Bonchev–Trinajstić information content (AvgIpc) is 3.31. The lowest BCUT2D eigenvalue weighted by Gasteiger charge is -2.19. The van der Waals surface area contributed by atoms with E-state index in [0.29, 0.717) is 17.5 Å². The summed E-state index contributed by atoms with van der Waals surface area (Å²) in [5.74, 6) is 1.92. The van der Waals surface area contributed by atoms with Gasteiger partial charge in [-0.15, -0.1) is 0 Å². The van der Waals surface area contributed by atoms with Gasteiger partial charge in [-0.1, -0.05) is 206 Å². The first-order valence-electron chi connectivity index (χ1n) is 19.6. The quantitative estimate of drug-likeness (QED) is 0.146. The molecule has 0 amide bonds. The molecule has 10 rings (SSSR count). The highest BCUT2D eigenvalue weighted by molar-refractivity contribution is 6.07. The van der Waals surface area contributed by atoms with Gasteiger partial charge in [-0.2, -0.15) is 0 Å². The largest absolute Gasteiger partial charge is 0.208 e. The Morgan fingerprint density at radius 3 is 1.34 bits per heavy atom. The first-order valence-corrected chi connectivity index (χ1v) is 19.6. The van der Waals surface area contributed by atoms with Gasteiger partial charge in [0.1, 0.15) is 0 Å². The van der Waals surface area contributed by atoms with E-state index in [0.717, 1.165) is 55.1 Å². The molecule has 9 aromatic carbocycles. The molecule has 58 heavy (non-hydrogen) atoms. The van der Waals surface area contributed by atoms with Gasteiger partial charge >= 0.3 is 0 Å². The Balaban J connectivity index is 1.15. The van der Waals surface area contributed by atoms with Crippen molar-refractivity contribution in [3.8, 4) is 45.3 Å². The van der Waals surface area contributed by atoms with Crippen molar-refractivity contribution in [2.75, 3.05) is 0 Å². The van der Waals surface area contributed by atoms with Crippen LogP contribution in [0, 0.1) is 0 Å². The zero-order chi connectivity index (χ0) is 38.7. The van der Waals surface area contributed by atoms with Crippen LogP contribution in [0.5, 0.6) is 0 Å². The Bertz CT molecular complexity index is 3040. The van der Waals surface area contributed by atoms with Crippen molar-refractivity contribution in [2.24, 2.45) is 0 Å². The highest BCUT2D eigenvalue weighted by Gasteiger charge is 2.19. The molecule has 1 aromatic heterocycles. The van der Waals surface area contributed by atoms with Crippen LogP contribution in [0.2, 0.25) is 0 Å². The molecule has 10 aromatic rings. The summed E-state index contributed by atoms with van der Waals surface area (Å²) in [6.07, 6.45) is 0. The number of benzene rings is 9. The fourth-order valence-corrected chi connectivity index (χ4v) is 7.98. The summed E-state index contributed by atoms with van der Waals surface area (Å²) in [6.45, 7) is 0. The zero-order valence-corrected chi connectivity index (χ0v) is 31.7. The molecular weight excluding hydrogens is 703 g/mol. The summed E-state index contributed by atoms with van der Waals surface area (Å²) in [5, 5.41) is 4.53. The van der Waals surface area contributed by atoms with Crippen LogP contribution >= 0.6 is 0 Å². The standard InChI is InChI=1S/C55H37N3/c1-5-19-39(20-6-1)51(40-21-7-2-8-22-40)52(41-23-9-3-10-24-41)45-29-17-28-44(37-45)47-34-35-50(49-31-16-15-30-48(47)49)55-57-53(42-25-11-4-12-26-42)56-54(58-55)46-33-32-38-18-13-14-27-43(38)36-46/h1-37H. The lowest BCUT2D eigenvalue weighted by Crippen LogP contribution is -2.01. The van der Waals surface area contributed by atoms with Crippen molar-refractivity contribution >= 4 is 32.7 Å². The second-order valence-electron chi connectivity index (χ2n) is 14.4. The molecule has 0 aliphatic heterocycles. The van der Waals surface area contributed by atoms with E-state index in [1.54, 1.807) is 0 Å². The Morgan fingerprint density at radius 1 is 0.259 bits per heavy atom. The third-order valence-corrected chi connectivity index (χ3v) is 10.7. The van der Waals surface area contributed by atoms with Crippen LogP contribution in [0.3, 0.4) is 0 Å². The monoisotopic (exact) mass is 739 g/mol. The lowest BCUT2D eigenvalue weighted by molar-refractivity contribution is 1.08. The number of hydrogen-bond acceptors (Lipinski definition) is 3. The van der Waals surface area contributed by atoms with Gasteiger partial charge in [0.05, 0.1) is 0 Å². The van der Waals surface area contributed by atoms with Crippen LogP contribution in [0.4, 0.5) is 0 Å². The Hall–Kier alpha value is -7.75. The highest BCUT2D eigenvalue weighted by Crippen LogP contribution is 2.40. The first kappa shape index (κ1) is 34.7. The van der Waals surface area contributed by atoms with Crippen LogP contribution in [0.1, 0.15) is 22.3 Å². The molecule has 0 fully saturated rings. The summed E-state index contributed by atoms with van der Waals surface area (Å²) in [5.41, 5.74) is 12.1. The number of rotatable bonds is 8. The van der Waals surface area contributed by atoms with E-state index in [4.69, 9.17) is 15.0 Å². The van der Waals surface area contributed by atoms with Gasteiger partial charge in [-0.3, -0.25) is 0 Å². The van der Waals surface area contributed by atoms with E-state index in [-0.39, 0.29) is 0 Å². The van der Waals surface area contributed by atoms with Gasteiger partial charge in [-0.05, 0) is 84.3 Å². The van der Waals surface area contributed by atoms with Crippen molar-refractivity contribution in [3.05, 3.63) is 247 Å². The van der Waals surface area contributed by atoms with Crippen molar-refractivity contribution in [1.29, 1.82) is 0 Å². The maximum absolute atomic E-state index is 5.18. The van der Waals surface area contributed by atoms with Crippen molar-refractivity contribution in [2.45, 2.75) is 0 Å². The Labute approximate surface area is 338 Å². The smallest absolute Gasteiger partial charge is 0.164 e. The zero-order valence-electron chi connectivity index (χ0n) is 31.7. The van der Waals surface area contributed by atoms with Gasteiger partial charge in [0.25, 0.3) is 0 Å². The maximum Gasteiger partial charge on any atom is 0.164 e. The molecule has 0 atom stereocenters. The molecule has 0 aliphatic carbocycles. The van der Waals surface area contributed by atoms with Crippen LogP contribution in [0.15, 0.2) is 224 Å². The summed E-state index contributed by atoms with van der Waals surface area (Å²) in [4.78, 5) is 15.3. The van der Waals surface area contributed by atoms with Gasteiger partial charge in [0.2, 0.25) is 0 Å². The Morgan fingerprint density at radius 2 is 0.707 bits per heavy atom. The molecular formula is C55H37N3.